The number of aromatic amines is 1. The Morgan fingerprint density at radius 2 is 1.94 bits per heavy atom. The molecule has 3 N–H and O–H groups in total. The maximum absolute atomic E-state index is 12.6. The van der Waals surface area contributed by atoms with Gasteiger partial charge in [0, 0.05) is 41.5 Å². The van der Waals surface area contributed by atoms with Gasteiger partial charge in [-0.25, -0.2) is 9.59 Å². The minimum absolute atomic E-state index is 0.0277. The van der Waals surface area contributed by atoms with Crippen LogP contribution in [0.3, 0.4) is 0 Å². The van der Waals surface area contributed by atoms with Crippen LogP contribution in [0.25, 0.3) is 22.2 Å². The first kappa shape index (κ1) is 21.6. The number of nitrogens with zero attached hydrogens (tertiary/aromatic N) is 1. The van der Waals surface area contributed by atoms with Gasteiger partial charge >= 0.3 is 12.1 Å². The molecule has 33 heavy (non-hydrogen) atoms. The van der Waals surface area contributed by atoms with Crippen LogP contribution in [0, 0.1) is 0 Å². The van der Waals surface area contributed by atoms with Gasteiger partial charge in [0.1, 0.15) is 11.5 Å². The van der Waals surface area contributed by atoms with Crippen LogP contribution in [0.5, 0.6) is 11.5 Å². The number of aromatic nitrogens is 2. The third-order valence-corrected chi connectivity index (χ3v) is 4.72. The average Bonchev–Trinajstić information content (AvgIpc) is 2.79. The van der Waals surface area contributed by atoms with E-state index in [1.807, 2.05) is 0 Å². The predicted octanol–water partition coefficient (Wildman–Crippen LogP) is 4.08. The van der Waals surface area contributed by atoms with Gasteiger partial charge in [-0.15, -0.1) is 0 Å². The minimum atomic E-state index is -0.781. The number of anilines is 1. The van der Waals surface area contributed by atoms with E-state index in [1.165, 1.54) is 36.7 Å². The van der Waals surface area contributed by atoms with Crippen molar-refractivity contribution in [2.24, 2.45) is 0 Å². The molecule has 0 bridgehead atoms. The van der Waals surface area contributed by atoms with Gasteiger partial charge in [-0.1, -0.05) is 12.1 Å². The van der Waals surface area contributed by atoms with Crippen molar-refractivity contribution in [2.75, 3.05) is 11.9 Å². The number of H-pyrrole nitrogens is 1. The molecule has 0 aliphatic carbocycles. The number of hydrogen-bond acceptors (Lipinski definition) is 7. The number of para-hydroxylation sites is 1. The molecular weight excluding hydrogens is 426 g/mol. The van der Waals surface area contributed by atoms with Crippen LogP contribution in [0.2, 0.25) is 0 Å². The molecule has 4 aromatic rings. The second-order valence-electron chi connectivity index (χ2n) is 6.93. The zero-order valence-corrected chi connectivity index (χ0v) is 17.5. The summed E-state index contributed by atoms with van der Waals surface area (Å²) in [4.78, 5) is 44.1. The van der Waals surface area contributed by atoms with E-state index in [0.29, 0.717) is 10.9 Å². The smallest absolute Gasteiger partial charge is 0.411 e. The number of phenols is 1. The average molecular weight is 445 g/mol. The lowest BCUT2D eigenvalue weighted by Gasteiger charge is -2.15. The highest BCUT2D eigenvalue weighted by atomic mass is 16.5. The molecule has 2 heterocycles. The Labute approximate surface area is 187 Å². The summed E-state index contributed by atoms with van der Waals surface area (Å²) in [6, 6.07) is 13.9. The van der Waals surface area contributed by atoms with Crippen LogP contribution in [0.4, 0.5) is 10.5 Å². The number of aromatic hydroxyl groups is 1. The van der Waals surface area contributed by atoms with Gasteiger partial charge in [0.15, 0.2) is 5.43 Å². The van der Waals surface area contributed by atoms with Crippen molar-refractivity contribution < 1.29 is 24.2 Å². The summed E-state index contributed by atoms with van der Waals surface area (Å²) in [5, 5.41) is 13.8. The van der Waals surface area contributed by atoms with Crippen LogP contribution in [-0.2, 0) is 4.74 Å². The first-order valence-electron chi connectivity index (χ1n) is 10.0. The number of carbonyl (C=O) groups excluding carboxylic acids is 2. The number of pyridine rings is 2. The molecule has 0 aliphatic heterocycles. The number of esters is 1. The quantitative estimate of drug-likeness (QED) is 0.312. The van der Waals surface area contributed by atoms with E-state index in [4.69, 9.17) is 9.47 Å². The summed E-state index contributed by atoms with van der Waals surface area (Å²) in [5.41, 5.74) is 0.954. The van der Waals surface area contributed by atoms with Gasteiger partial charge in [-0.05, 0) is 31.2 Å². The van der Waals surface area contributed by atoms with Crippen molar-refractivity contribution in [1.29, 1.82) is 0 Å². The highest BCUT2D eigenvalue weighted by Crippen LogP contribution is 2.39. The van der Waals surface area contributed by atoms with Crippen LogP contribution in [0.15, 0.2) is 71.8 Å². The third-order valence-electron chi connectivity index (χ3n) is 4.72. The molecule has 0 saturated carbocycles. The fourth-order valence-corrected chi connectivity index (χ4v) is 3.30. The summed E-state index contributed by atoms with van der Waals surface area (Å²) in [6.45, 7) is 1.76. The summed E-state index contributed by atoms with van der Waals surface area (Å²) in [6.07, 6.45) is 2.08. The SMILES string of the molecule is CCOC(=O)Nc1cc(OC(=O)c2cccnc2)cc(O)c1-c1cc(=O)c2ccccc2[nH]1. The normalized spacial score (nSPS) is 10.6. The summed E-state index contributed by atoms with van der Waals surface area (Å²) in [7, 11) is 0. The Morgan fingerprint density at radius 1 is 1.12 bits per heavy atom. The van der Waals surface area contributed by atoms with Gasteiger partial charge in [-0.2, -0.15) is 0 Å². The Morgan fingerprint density at radius 3 is 2.70 bits per heavy atom. The molecule has 9 heteroatoms. The number of hydrogen-bond donors (Lipinski definition) is 3. The Bertz CT molecular complexity index is 1400. The number of phenolic OH excluding ortho intramolecular Hbond substituents is 1. The van der Waals surface area contributed by atoms with Gasteiger partial charge in [-0.3, -0.25) is 15.1 Å². The fraction of sp³-hybridized carbons (Fsp3) is 0.0833. The fourth-order valence-electron chi connectivity index (χ4n) is 3.30. The highest BCUT2D eigenvalue weighted by Gasteiger charge is 2.19. The molecule has 0 radical (unpaired) electrons. The lowest BCUT2D eigenvalue weighted by atomic mass is 10.0. The van der Waals surface area contributed by atoms with Crippen LogP contribution in [-0.4, -0.2) is 33.7 Å². The van der Waals surface area contributed by atoms with E-state index in [1.54, 1.807) is 37.3 Å². The molecule has 2 aromatic heterocycles. The predicted molar refractivity (Wildman–Crippen MR) is 122 cm³/mol. The molecular formula is C24H19N3O6. The van der Waals surface area contributed by atoms with Gasteiger partial charge < -0.3 is 19.6 Å². The zero-order chi connectivity index (χ0) is 23.4. The van der Waals surface area contributed by atoms with Crippen molar-refractivity contribution >= 4 is 28.7 Å². The van der Waals surface area contributed by atoms with Crippen molar-refractivity contribution in [3.63, 3.8) is 0 Å². The number of fused-ring (bicyclic) bond motifs is 1. The lowest BCUT2D eigenvalue weighted by molar-refractivity contribution is 0.0734. The Kier molecular flexibility index (Phi) is 6.03. The molecule has 2 aromatic carbocycles. The van der Waals surface area contributed by atoms with E-state index in [2.05, 4.69) is 15.3 Å². The molecule has 0 spiro atoms. The highest BCUT2D eigenvalue weighted by molar-refractivity contribution is 5.96. The van der Waals surface area contributed by atoms with E-state index in [-0.39, 0.29) is 46.0 Å². The molecule has 166 valence electrons. The summed E-state index contributed by atoms with van der Waals surface area (Å²) >= 11 is 0. The van der Waals surface area contributed by atoms with E-state index in [0.717, 1.165) is 0 Å². The van der Waals surface area contributed by atoms with Gasteiger partial charge in [0.2, 0.25) is 0 Å². The topological polar surface area (TPSA) is 131 Å². The molecule has 0 fully saturated rings. The number of amides is 1. The Hall–Kier alpha value is -4.66. The minimum Gasteiger partial charge on any atom is -0.507 e. The molecule has 0 aliphatic rings. The van der Waals surface area contributed by atoms with Gasteiger partial charge in [0.05, 0.1) is 29.1 Å². The van der Waals surface area contributed by atoms with Crippen molar-refractivity contribution in [2.45, 2.75) is 6.92 Å². The number of benzene rings is 2. The Balaban J connectivity index is 1.80. The maximum Gasteiger partial charge on any atom is 0.411 e. The van der Waals surface area contributed by atoms with Crippen LogP contribution in [0.1, 0.15) is 17.3 Å². The van der Waals surface area contributed by atoms with Gasteiger partial charge in [0.25, 0.3) is 0 Å². The molecule has 9 nitrogen and oxygen atoms in total. The first-order chi connectivity index (χ1) is 16.0. The number of carbonyl (C=O) groups is 2. The second-order valence-corrected chi connectivity index (χ2v) is 6.93. The van der Waals surface area contributed by atoms with E-state index >= 15 is 0 Å². The van der Waals surface area contributed by atoms with Crippen molar-refractivity contribution in [1.82, 2.24) is 9.97 Å². The number of ether oxygens (including phenoxy) is 2. The standard InChI is InChI=1S/C24H19N3O6/c1-2-32-24(31)27-18-10-15(33-23(30)14-6-5-9-25-13-14)11-21(29)22(18)19-12-20(28)16-7-3-4-8-17(16)26-19/h3-13,29H,2H2,1H3,(H,26,28)(H,27,31). The largest absolute Gasteiger partial charge is 0.507 e. The van der Waals surface area contributed by atoms with E-state index in [9.17, 15) is 19.5 Å². The monoisotopic (exact) mass is 445 g/mol. The maximum atomic E-state index is 12.6. The zero-order valence-electron chi connectivity index (χ0n) is 17.5. The van der Waals surface area contributed by atoms with E-state index < -0.39 is 12.1 Å². The summed E-state index contributed by atoms with van der Waals surface area (Å²) < 4.78 is 10.3. The molecule has 0 unspecified atom stereocenters. The molecule has 0 saturated heterocycles. The number of nitrogens with one attached hydrogen (secondary N) is 2. The van der Waals surface area contributed by atoms with Crippen molar-refractivity contribution in [3.05, 3.63) is 82.8 Å². The first-order valence-corrected chi connectivity index (χ1v) is 10.0. The molecule has 1 amide bonds. The van der Waals surface area contributed by atoms with Crippen LogP contribution >= 0.6 is 0 Å². The van der Waals surface area contributed by atoms with Crippen LogP contribution < -0.4 is 15.5 Å². The number of rotatable bonds is 5. The lowest BCUT2D eigenvalue weighted by Crippen LogP contribution is -2.15. The third kappa shape index (κ3) is 4.67. The second kappa shape index (κ2) is 9.23. The molecule has 0 atom stereocenters. The summed E-state index contributed by atoms with van der Waals surface area (Å²) in [5.74, 6) is -1.05. The molecule has 4 rings (SSSR count). The van der Waals surface area contributed by atoms with Crippen molar-refractivity contribution in [3.8, 4) is 22.8 Å².